The van der Waals surface area contributed by atoms with Crippen LogP contribution in [0.15, 0.2) is 121 Å². The Bertz CT molecular complexity index is 1680. The number of allylic oxidation sites excluding steroid dienone is 4. The average Bonchev–Trinajstić information content (AvgIpc) is 3.47. The Kier molecular flexibility index (Phi) is 7.75. The van der Waals surface area contributed by atoms with E-state index in [1.54, 1.807) is 0 Å². The van der Waals surface area contributed by atoms with Crippen LogP contribution in [0.4, 0.5) is 0 Å². The van der Waals surface area contributed by atoms with Crippen molar-refractivity contribution in [1.29, 1.82) is 21.0 Å². The molecule has 39 heavy (non-hydrogen) atoms. The summed E-state index contributed by atoms with van der Waals surface area (Å²) in [6.45, 7) is 0. The maximum Gasteiger partial charge on any atom is 0.0998 e. The fourth-order valence-electron chi connectivity index (χ4n) is 4.80. The molecule has 4 aromatic rings. The maximum absolute atomic E-state index is 10.0. The molecular weight excluding hydrogens is 514 g/mol. The molecule has 0 bridgehead atoms. The molecule has 0 saturated carbocycles. The van der Waals surface area contributed by atoms with Crippen LogP contribution in [0.5, 0.6) is 0 Å². The first-order valence-corrected chi connectivity index (χ1v) is 14.9. The molecule has 4 aromatic carbocycles. The first kappa shape index (κ1) is 25.8. The third-order valence-corrected chi connectivity index (χ3v) is 12.2. The Balaban J connectivity index is 1.78. The van der Waals surface area contributed by atoms with Gasteiger partial charge in [0, 0.05) is 16.3 Å². The fourth-order valence-corrected chi connectivity index (χ4v) is 10.8. The zero-order valence-corrected chi connectivity index (χ0v) is 22.5. The van der Waals surface area contributed by atoms with Gasteiger partial charge in [0.15, 0.2) is 0 Å². The van der Waals surface area contributed by atoms with Gasteiger partial charge in [0.2, 0.25) is 0 Å². The van der Waals surface area contributed by atoms with Crippen LogP contribution in [-0.4, -0.2) is 5.66 Å². The van der Waals surface area contributed by atoms with Crippen LogP contribution in [0.2, 0.25) is 0 Å². The second kappa shape index (κ2) is 11.7. The van der Waals surface area contributed by atoms with E-state index in [1.807, 2.05) is 103 Å². The van der Waals surface area contributed by atoms with Gasteiger partial charge in [0.25, 0.3) is 0 Å². The molecule has 5 rings (SSSR count). The number of nitriles is 4. The number of nitrogens with zero attached hydrogens (tertiary/aromatic N) is 4. The number of hydrogen-bond acceptors (Lipinski definition) is 4. The third-order valence-electron chi connectivity index (χ3n) is 6.50. The van der Waals surface area contributed by atoms with E-state index in [4.69, 9.17) is 0 Å². The molecule has 0 spiro atoms. The standard InChI is InChI=1S/C33H20N4P2/c34-20-24-10-1-5-14-28(24)38(29-15-6-2-11-25(29)21-35)32-18-9-19-33(32)39(30-16-7-3-12-26(30)22-36)31-17-8-4-13-27(31)23-37/h1-19,32H. The zero-order chi connectivity index (χ0) is 27.2. The van der Waals surface area contributed by atoms with E-state index in [1.165, 1.54) is 0 Å². The SMILES string of the molecule is N#Cc1ccccc1P(C1=CC=CC1P(c1ccccc1C#N)c1ccccc1C#N)c1ccccc1C#N. The fraction of sp³-hybridized carbons (Fsp3) is 0.0303. The number of rotatable bonds is 6. The zero-order valence-electron chi connectivity index (χ0n) is 20.7. The monoisotopic (exact) mass is 534 g/mol. The van der Waals surface area contributed by atoms with E-state index < -0.39 is 15.8 Å². The molecule has 0 radical (unpaired) electrons. The van der Waals surface area contributed by atoms with Gasteiger partial charge in [-0.05, 0) is 56.0 Å². The first-order valence-electron chi connectivity index (χ1n) is 12.2. The minimum atomic E-state index is -1.28. The van der Waals surface area contributed by atoms with Crippen molar-refractivity contribution in [3.8, 4) is 24.3 Å². The van der Waals surface area contributed by atoms with E-state index >= 15 is 0 Å². The molecule has 1 aliphatic carbocycles. The Morgan fingerprint density at radius 1 is 0.487 bits per heavy atom. The van der Waals surface area contributed by atoms with E-state index in [0.717, 1.165) is 26.5 Å². The quantitative estimate of drug-likeness (QED) is 0.303. The summed E-state index contributed by atoms with van der Waals surface area (Å²) in [5, 5.41) is 44.8. The second-order valence-electron chi connectivity index (χ2n) is 8.64. The van der Waals surface area contributed by atoms with Crippen molar-refractivity contribution in [2.45, 2.75) is 5.66 Å². The molecule has 6 heteroatoms. The normalized spacial score (nSPS) is 13.8. The highest BCUT2D eigenvalue weighted by atomic mass is 31.1. The van der Waals surface area contributed by atoms with Gasteiger partial charge in [-0.15, -0.1) is 0 Å². The molecule has 0 aromatic heterocycles. The molecule has 0 N–H and O–H groups in total. The molecule has 0 fully saturated rings. The Morgan fingerprint density at radius 3 is 1.26 bits per heavy atom. The van der Waals surface area contributed by atoms with Crippen LogP contribution >= 0.6 is 15.8 Å². The Hall–Kier alpha value is -4.82. The van der Waals surface area contributed by atoms with Gasteiger partial charge >= 0.3 is 0 Å². The maximum atomic E-state index is 10.0. The molecule has 0 saturated heterocycles. The summed E-state index contributed by atoms with van der Waals surface area (Å²) < 4.78 is 0. The second-order valence-corrected chi connectivity index (χ2v) is 13.1. The highest BCUT2D eigenvalue weighted by molar-refractivity contribution is 7.80. The van der Waals surface area contributed by atoms with Crippen LogP contribution in [0.25, 0.3) is 0 Å². The van der Waals surface area contributed by atoms with Crippen LogP contribution in [0.3, 0.4) is 0 Å². The molecule has 1 aliphatic rings. The highest BCUT2D eigenvalue weighted by Gasteiger charge is 2.36. The van der Waals surface area contributed by atoms with Gasteiger partial charge in [-0.3, -0.25) is 0 Å². The summed E-state index contributed by atoms with van der Waals surface area (Å²) in [7, 11) is -2.52. The van der Waals surface area contributed by atoms with Crippen molar-refractivity contribution < 1.29 is 0 Å². The van der Waals surface area contributed by atoms with E-state index in [0.29, 0.717) is 22.3 Å². The summed E-state index contributed by atoms with van der Waals surface area (Å²) in [5.74, 6) is 0. The van der Waals surface area contributed by atoms with Crippen LogP contribution in [-0.2, 0) is 0 Å². The smallest absolute Gasteiger partial charge is 0.0998 e. The van der Waals surface area contributed by atoms with Crippen molar-refractivity contribution in [2.24, 2.45) is 0 Å². The van der Waals surface area contributed by atoms with E-state index in [9.17, 15) is 21.0 Å². The molecule has 1 atom stereocenters. The molecule has 0 heterocycles. The van der Waals surface area contributed by atoms with E-state index in [-0.39, 0.29) is 5.66 Å². The lowest BCUT2D eigenvalue weighted by Gasteiger charge is -2.32. The highest BCUT2D eigenvalue weighted by Crippen LogP contribution is 2.57. The van der Waals surface area contributed by atoms with Crippen molar-refractivity contribution in [3.63, 3.8) is 0 Å². The van der Waals surface area contributed by atoms with Gasteiger partial charge in [-0.2, -0.15) is 21.0 Å². The molecule has 0 amide bonds. The van der Waals surface area contributed by atoms with Gasteiger partial charge in [-0.25, -0.2) is 0 Å². The summed E-state index contributed by atoms with van der Waals surface area (Å²) in [5.41, 5.74) is 2.16. The van der Waals surface area contributed by atoms with Gasteiger partial charge < -0.3 is 0 Å². The van der Waals surface area contributed by atoms with Crippen LogP contribution in [0.1, 0.15) is 22.3 Å². The summed E-state index contributed by atoms with van der Waals surface area (Å²) in [4.78, 5) is 0. The van der Waals surface area contributed by atoms with Gasteiger partial charge in [0.05, 0.1) is 46.5 Å². The number of hydrogen-bond donors (Lipinski definition) is 0. The first-order chi connectivity index (χ1) is 19.2. The summed E-state index contributed by atoms with van der Waals surface area (Å²) in [6, 6.07) is 39.7. The molecule has 0 aliphatic heterocycles. The number of benzene rings is 4. The predicted molar refractivity (Wildman–Crippen MR) is 158 cm³/mol. The molecule has 1 unspecified atom stereocenters. The predicted octanol–water partition coefficient (Wildman–Crippen LogP) is 5.56. The van der Waals surface area contributed by atoms with Gasteiger partial charge in [0.1, 0.15) is 0 Å². The lowest BCUT2D eigenvalue weighted by Crippen LogP contribution is -2.27. The van der Waals surface area contributed by atoms with Crippen LogP contribution < -0.4 is 21.2 Å². The lowest BCUT2D eigenvalue weighted by atomic mass is 10.2. The van der Waals surface area contributed by atoms with Crippen molar-refractivity contribution >= 4 is 37.1 Å². The van der Waals surface area contributed by atoms with Crippen molar-refractivity contribution in [1.82, 2.24) is 0 Å². The summed E-state index contributed by atoms with van der Waals surface area (Å²) >= 11 is 0. The minimum absolute atomic E-state index is 0.145. The van der Waals surface area contributed by atoms with E-state index in [2.05, 4.69) is 36.4 Å². The molecular formula is C33H20N4P2. The summed E-state index contributed by atoms with van der Waals surface area (Å²) in [6.07, 6.45) is 6.26. The topological polar surface area (TPSA) is 95.2 Å². The molecule has 4 nitrogen and oxygen atoms in total. The third kappa shape index (κ3) is 4.89. The van der Waals surface area contributed by atoms with Crippen LogP contribution in [0, 0.1) is 45.3 Å². The molecule has 182 valence electrons. The van der Waals surface area contributed by atoms with Crippen molar-refractivity contribution in [3.05, 3.63) is 143 Å². The average molecular weight is 534 g/mol. The largest absolute Gasteiger partial charge is 0.192 e. The lowest BCUT2D eigenvalue weighted by molar-refractivity contribution is 1.40. The minimum Gasteiger partial charge on any atom is -0.192 e. The Morgan fingerprint density at radius 2 is 0.846 bits per heavy atom. The van der Waals surface area contributed by atoms with Crippen molar-refractivity contribution in [2.75, 3.05) is 0 Å². The van der Waals surface area contributed by atoms with Gasteiger partial charge in [-0.1, -0.05) is 91.0 Å². The Labute approximate surface area is 230 Å².